The molecule has 1 N–H and O–H groups in total. The molecule has 0 amide bonds. The van der Waals surface area contributed by atoms with Gasteiger partial charge in [0, 0.05) is 12.6 Å². The Morgan fingerprint density at radius 2 is 1.79 bits per heavy atom. The van der Waals surface area contributed by atoms with Gasteiger partial charge in [-0.15, -0.1) is 0 Å². The maximum Gasteiger partial charge on any atom is 0.120 e. The molecule has 0 saturated heterocycles. The molecule has 1 atom stereocenters. The van der Waals surface area contributed by atoms with Gasteiger partial charge in [0.25, 0.3) is 0 Å². The molecule has 24 heavy (non-hydrogen) atoms. The Balaban J connectivity index is 1.90. The van der Waals surface area contributed by atoms with E-state index in [0.29, 0.717) is 6.61 Å². The molecule has 2 rings (SSSR count). The predicted octanol–water partition coefficient (Wildman–Crippen LogP) is 4.89. The molecule has 0 spiro atoms. The second-order valence-corrected chi connectivity index (χ2v) is 6.09. The van der Waals surface area contributed by atoms with Crippen LogP contribution in [0.5, 0.6) is 11.5 Å². The number of rotatable bonds is 9. The van der Waals surface area contributed by atoms with E-state index >= 15 is 0 Å². The average Bonchev–Trinajstić information content (AvgIpc) is 2.58. The van der Waals surface area contributed by atoms with Crippen LogP contribution in [-0.2, 0) is 6.54 Å². The maximum atomic E-state index is 5.76. The van der Waals surface area contributed by atoms with E-state index in [4.69, 9.17) is 9.47 Å². The number of hydrogen-bond acceptors (Lipinski definition) is 3. The standard InChI is InChI=1S/C21H27NO2/c1-5-13-23-20-11-9-18(10-12-20)15-22-17(4)19-7-6-8-21(14-19)24-16(2)3/h5-12,14,16-17,22H,1,13,15H2,2-4H3. The summed E-state index contributed by atoms with van der Waals surface area (Å²) in [6.45, 7) is 11.2. The number of benzene rings is 2. The van der Waals surface area contributed by atoms with Crippen LogP contribution in [0.15, 0.2) is 61.2 Å². The van der Waals surface area contributed by atoms with Gasteiger partial charge < -0.3 is 14.8 Å². The SMILES string of the molecule is C=CCOc1ccc(CNC(C)c2cccc(OC(C)C)c2)cc1. The van der Waals surface area contributed by atoms with Crippen LogP contribution in [0.25, 0.3) is 0 Å². The summed E-state index contributed by atoms with van der Waals surface area (Å²) in [7, 11) is 0. The monoisotopic (exact) mass is 325 g/mol. The van der Waals surface area contributed by atoms with Crippen molar-refractivity contribution in [3.8, 4) is 11.5 Å². The highest BCUT2D eigenvalue weighted by molar-refractivity contribution is 5.31. The van der Waals surface area contributed by atoms with Crippen LogP contribution in [0.4, 0.5) is 0 Å². The molecular weight excluding hydrogens is 298 g/mol. The van der Waals surface area contributed by atoms with Crippen molar-refractivity contribution in [3.63, 3.8) is 0 Å². The zero-order valence-electron chi connectivity index (χ0n) is 14.8. The summed E-state index contributed by atoms with van der Waals surface area (Å²) in [5.74, 6) is 1.78. The summed E-state index contributed by atoms with van der Waals surface area (Å²) < 4.78 is 11.3. The Morgan fingerprint density at radius 3 is 2.46 bits per heavy atom. The van der Waals surface area contributed by atoms with Crippen LogP contribution in [0.1, 0.15) is 37.9 Å². The van der Waals surface area contributed by atoms with Crippen molar-refractivity contribution < 1.29 is 9.47 Å². The zero-order valence-corrected chi connectivity index (χ0v) is 14.8. The minimum Gasteiger partial charge on any atom is -0.491 e. The molecule has 0 heterocycles. The van der Waals surface area contributed by atoms with Gasteiger partial charge in [0.1, 0.15) is 18.1 Å². The quantitative estimate of drug-likeness (QED) is 0.666. The highest BCUT2D eigenvalue weighted by atomic mass is 16.5. The molecule has 0 radical (unpaired) electrons. The molecule has 0 saturated carbocycles. The highest BCUT2D eigenvalue weighted by Gasteiger charge is 2.07. The van der Waals surface area contributed by atoms with E-state index in [9.17, 15) is 0 Å². The molecule has 0 aromatic heterocycles. The fourth-order valence-corrected chi connectivity index (χ4v) is 2.38. The van der Waals surface area contributed by atoms with Gasteiger partial charge in [0.05, 0.1) is 6.10 Å². The Morgan fingerprint density at radius 1 is 1.04 bits per heavy atom. The summed E-state index contributed by atoms with van der Waals surface area (Å²) in [5.41, 5.74) is 2.45. The second kappa shape index (κ2) is 9.14. The summed E-state index contributed by atoms with van der Waals surface area (Å²) in [5, 5.41) is 3.55. The molecule has 0 fully saturated rings. The van der Waals surface area contributed by atoms with Crippen LogP contribution < -0.4 is 14.8 Å². The molecule has 2 aromatic rings. The normalized spacial score (nSPS) is 12.0. The topological polar surface area (TPSA) is 30.5 Å². The van der Waals surface area contributed by atoms with Crippen molar-refractivity contribution >= 4 is 0 Å². The van der Waals surface area contributed by atoms with Crippen molar-refractivity contribution in [1.82, 2.24) is 5.32 Å². The largest absolute Gasteiger partial charge is 0.491 e. The predicted molar refractivity (Wildman–Crippen MR) is 99.6 cm³/mol. The molecule has 1 unspecified atom stereocenters. The van der Waals surface area contributed by atoms with E-state index in [-0.39, 0.29) is 12.1 Å². The van der Waals surface area contributed by atoms with E-state index in [2.05, 4.69) is 43.1 Å². The number of nitrogens with one attached hydrogen (secondary N) is 1. The minimum atomic E-state index is 0.185. The molecule has 0 aliphatic rings. The van der Waals surface area contributed by atoms with Crippen LogP contribution >= 0.6 is 0 Å². The molecule has 0 bridgehead atoms. The summed E-state index contributed by atoms with van der Waals surface area (Å²) >= 11 is 0. The molecular formula is C21H27NO2. The Kier molecular flexibility index (Phi) is 6.89. The molecule has 128 valence electrons. The van der Waals surface area contributed by atoms with Gasteiger partial charge in [-0.2, -0.15) is 0 Å². The van der Waals surface area contributed by atoms with Gasteiger partial charge in [-0.25, -0.2) is 0 Å². The van der Waals surface area contributed by atoms with Gasteiger partial charge in [-0.05, 0) is 56.2 Å². The van der Waals surface area contributed by atoms with E-state index in [1.165, 1.54) is 11.1 Å². The molecule has 3 nitrogen and oxygen atoms in total. The van der Waals surface area contributed by atoms with Crippen molar-refractivity contribution in [3.05, 3.63) is 72.3 Å². The average molecular weight is 325 g/mol. The van der Waals surface area contributed by atoms with E-state index in [0.717, 1.165) is 18.0 Å². The molecule has 0 aliphatic heterocycles. The maximum absolute atomic E-state index is 5.76. The zero-order chi connectivity index (χ0) is 17.4. The van der Waals surface area contributed by atoms with Crippen LogP contribution in [0.3, 0.4) is 0 Å². The number of hydrogen-bond donors (Lipinski definition) is 1. The lowest BCUT2D eigenvalue weighted by Crippen LogP contribution is -2.18. The van der Waals surface area contributed by atoms with Gasteiger partial charge in [0.15, 0.2) is 0 Å². The fourth-order valence-electron chi connectivity index (χ4n) is 2.38. The third-order valence-electron chi connectivity index (χ3n) is 3.63. The molecule has 2 aromatic carbocycles. The first-order valence-corrected chi connectivity index (χ1v) is 8.41. The minimum absolute atomic E-state index is 0.185. The van der Waals surface area contributed by atoms with E-state index in [1.54, 1.807) is 6.08 Å². The third kappa shape index (κ3) is 5.74. The Hall–Kier alpha value is -2.26. The first kappa shape index (κ1) is 18.1. The Labute approximate surface area is 145 Å². The summed E-state index contributed by atoms with van der Waals surface area (Å²) in [4.78, 5) is 0. The lowest BCUT2D eigenvalue weighted by atomic mass is 10.1. The van der Waals surface area contributed by atoms with Crippen LogP contribution in [0, 0.1) is 0 Å². The first-order valence-electron chi connectivity index (χ1n) is 8.41. The summed E-state index contributed by atoms with van der Waals surface area (Å²) in [6, 6.07) is 16.6. The van der Waals surface area contributed by atoms with Crippen molar-refractivity contribution in [2.45, 2.75) is 39.5 Å². The van der Waals surface area contributed by atoms with E-state index < -0.39 is 0 Å². The third-order valence-corrected chi connectivity index (χ3v) is 3.63. The van der Waals surface area contributed by atoms with E-state index in [1.807, 2.05) is 38.1 Å². The first-order chi connectivity index (χ1) is 11.6. The second-order valence-electron chi connectivity index (χ2n) is 6.09. The molecule has 0 aliphatic carbocycles. The smallest absolute Gasteiger partial charge is 0.120 e. The van der Waals surface area contributed by atoms with Gasteiger partial charge >= 0.3 is 0 Å². The van der Waals surface area contributed by atoms with Crippen LogP contribution in [-0.4, -0.2) is 12.7 Å². The van der Waals surface area contributed by atoms with Crippen molar-refractivity contribution in [2.75, 3.05) is 6.61 Å². The summed E-state index contributed by atoms with van der Waals surface area (Å²) in [6.07, 6.45) is 1.93. The van der Waals surface area contributed by atoms with Gasteiger partial charge in [-0.3, -0.25) is 0 Å². The van der Waals surface area contributed by atoms with Crippen molar-refractivity contribution in [2.24, 2.45) is 0 Å². The van der Waals surface area contributed by atoms with Gasteiger partial charge in [-0.1, -0.05) is 36.9 Å². The van der Waals surface area contributed by atoms with Gasteiger partial charge in [0.2, 0.25) is 0 Å². The lowest BCUT2D eigenvalue weighted by Gasteiger charge is -2.17. The Bertz CT molecular complexity index is 635. The highest BCUT2D eigenvalue weighted by Crippen LogP contribution is 2.21. The fraction of sp³-hybridized carbons (Fsp3) is 0.333. The van der Waals surface area contributed by atoms with Crippen molar-refractivity contribution in [1.29, 1.82) is 0 Å². The molecule has 3 heteroatoms. The number of ether oxygens (including phenoxy) is 2. The lowest BCUT2D eigenvalue weighted by molar-refractivity contribution is 0.242. The van der Waals surface area contributed by atoms with Crippen LogP contribution in [0.2, 0.25) is 0 Å².